The van der Waals surface area contributed by atoms with Gasteiger partial charge in [-0.1, -0.05) is 52.8 Å². The number of likely N-dealkylation sites (N-methyl/N-ethyl adjacent to an activating group) is 2. The maximum atomic E-state index is 14.1. The summed E-state index contributed by atoms with van der Waals surface area (Å²) in [6.45, 7) is 19.3. The van der Waals surface area contributed by atoms with Crippen LogP contribution in [0.3, 0.4) is 0 Å². The molecule has 2 aliphatic rings. The zero-order chi connectivity index (χ0) is 28.6. The quantitative estimate of drug-likeness (QED) is 0.554. The summed E-state index contributed by atoms with van der Waals surface area (Å²) in [6.07, 6.45) is 0.215. The van der Waals surface area contributed by atoms with Crippen LogP contribution in [0.4, 0.5) is 5.69 Å². The second kappa shape index (κ2) is 10.8. The minimum atomic E-state index is -0.990. The Labute approximate surface area is 226 Å². The maximum Gasteiger partial charge on any atom is 0.302 e. The number of rotatable bonds is 7. The fourth-order valence-electron chi connectivity index (χ4n) is 5.60. The van der Waals surface area contributed by atoms with Crippen molar-refractivity contribution in [2.75, 3.05) is 26.0 Å². The van der Waals surface area contributed by atoms with Gasteiger partial charge in [0.15, 0.2) is 0 Å². The van der Waals surface area contributed by atoms with E-state index in [0.29, 0.717) is 18.5 Å². The number of hydrogen-bond acceptors (Lipinski definition) is 4. The highest BCUT2D eigenvalue weighted by Crippen LogP contribution is 2.47. The van der Waals surface area contributed by atoms with Crippen molar-refractivity contribution in [2.45, 2.75) is 84.5 Å². The van der Waals surface area contributed by atoms with Gasteiger partial charge in [0.05, 0.1) is 6.42 Å². The summed E-state index contributed by atoms with van der Waals surface area (Å²) in [5.74, 6) is -1.00. The molecule has 2 aliphatic heterocycles. The first-order valence-electron chi connectivity index (χ1n) is 13.2. The van der Waals surface area contributed by atoms with Gasteiger partial charge in [-0.2, -0.15) is 0 Å². The second-order valence-corrected chi connectivity index (χ2v) is 12.4. The van der Waals surface area contributed by atoms with Gasteiger partial charge in [0, 0.05) is 33.3 Å². The number of nitrogens with one attached hydrogen (secondary N) is 1. The van der Waals surface area contributed by atoms with Crippen molar-refractivity contribution in [3.63, 3.8) is 0 Å². The van der Waals surface area contributed by atoms with Crippen molar-refractivity contribution < 1.29 is 19.2 Å². The highest BCUT2D eigenvalue weighted by molar-refractivity contribution is 6.07. The molecule has 0 aromatic heterocycles. The van der Waals surface area contributed by atoms with Crippen LogP contribution in [0, 0.1) is 17.9 Å². The number of anilines is 1. The van der Waals surface area contributed by atoms with Crippen LogP contribution < -0.4 is 5.32 Å². The van der Waals surface area contributed by atoms with E-state index in [0.717, 1.165) is 5.56 Å². The average molecular weight is 524 g/mol. The van der Waals surface area contributed by atoms with E-state index in [1.807, 2.05) is 58.9 Å². The number of nitrogens with zero attached hydrogens (tertiary/aromatic N) is 4. The van der Waals surface area contributed by atoms with Gasteiger partial charge in [-0.05, 0) is 35.8 Å². The van der Waals surface area contributed by atoms with E-state index in [4.69, 9.17) is 6.57 Å². The molecule has 1 aromatic rings. The summed E-state index contributed by atoms with van der Waals surface area (Å²) in [5, 5.41) is 2.91. The lowest BCUT2D eigenvalue weighted by molar-refractivity contribution is -0.151. The zero-order valence-corrected chi connectivity index (χ0v) is 23.9. The third-order valence-electron chi connectivity index (χ3n) is 7.74. The lowest BCUT2D eigenvalue weighted by atomic mass is 9.80. The van der Waals surface area contributed by atoms with Crippen molar-refractivity contribution in [1.29, 1.82) is 0 Å². The number of fused-ring (bicyclic) bond motifs is 2. The van der Waals surface area contributed by atoms with Crippen LogP contribution in [0.5, 0.6) is 0 Å². The predicted octanol–water partition coefficient (Wildman–Crippen LogP) is 3.51. The lowest BCUT2D eigenvalue weighted by Gasteiger charge is -2.38. The molecule has 4 atom stereocenters. The van der Waals surface area contributed by atoms with Gasteiger partial charge in [0.2, 0.25) is 17.7 Å². The molecule has 1 aromatic carbocycles. The Balaban J connectivity index is 1.96. The van der Waals surface area contributed by atoms with Crippen LogP contribution in [0.25, 0.3) is 4.85 Å². The Hall–Kier alpha value is -3.41. The van der Waals surface area contributed by atoms with Gasteiger partial charge < -0.3 is 15.1 Å². The van der Waals surface area contributed by atoms with E-state index in [1.165, 1.54) is 21.6 Å². The predicted molar refractivity (Wildman–Crippen MR) is 146 cm³/mol. The van der Waals surface area contributed by atoms with E-state index in [1.54, 1.807) is 14.1 Å². The molecule has 0 unspecified atom stereocenters. The van der Waals surface area contributed by atoms with Crippen molar-refractivity contribution in [2.24, 2.45) is 11.3 Å². The maximum absolute atomic E-state index is 14.1. The monoisotopic (exact) mass is 523 g/mol. The highest BCUT2D eigenvalue weighted by atomic mass is 16.2. The van der Waals surface area contributed by atoms with Crippen LogP contribution in [-0.2, 0) is 24.6 Å². The molecule has 0 saturated carbocycles. The topological polar surface area (TPSA) is 94.4 Å². The summed E-state index contributed by atoms with van der Waals surface area (Å²) in [7, 11) is 3.21. The van der Waals surface area contributed by atoms with Crippen LogP contribution >= 0.6 is 0 Å². The Bertz CT molecular complexity index is 1150. The SMILES string of the molecule is [C-]#[N+][C@@H]1C[C@@]2(CN1C(=O)[C@H](CC(C)C)N(C)C(=O)[C@H](CC(C)(C)C)N(C)C(C)=O)C(=O)Nc1ccccc12. The molecule has 0 radical (unpaired) electrons. The summed E-state index contributed by atoms with van der Waals surface area (Å²) in [6, 6.07) is 5.84. The standard InChI is InChI=1S/C29H41N5O4/c1-18(2)14-22(33(9)25(36)23(15-28(4,5)6)32(8)19(3)35)26(37)34-17-29(16-24(34)30-7)20-12-10-11-13-21(20)31-27(29)38/h10-13,18,22-24H,14-17H2,1-6,8-9H3,(H,31,38)/t22-,23-,24-,29-/m0/s1. The highest BCUT2D eigenvalue weighted by Gasteiger charge is 2.59. The smallest absolute Gasteiger partial charge is 0.302 e. The number of benzene rings is 1. The first-order chi connectivity index (χ1) is 17.6. The number of amides is 4. The molecule has 1 fully saturated rings. The summed E-state index contributed by atoms with van der Waals surface area (Å²) in [4.78, 5) is 61.6. The van der Waals surface area contributed by atoms with Gasteiger partial charge in [-0.3, -0.25) is 28.9 Å². The molecule has 2 heterocycles. The molecular weight excluding hydrogens is 482 g/mol. The Morgan fingerprint density at radius 1 is 1.16 bits per heavy atom. The molecule has 9 heteroatoms. The first kappa shape index (κ1) is 29.2. The molecule has 38 heavy (non-hydrogen) atoms. The normalized spacial score (nSPS) is 22.1. The van der Waals surface area contributed by atoms with Gasteiger partial charge in [0.25, 0.3) is 5.91 Å². The van der Waals surface area contributed by atoms with Crippen LogP contribution in [0.2, 0.25) is 0 Å². The largest absolute Gasteiger partial charge is 0.334 e. The molecule has 1 N–H and O–H groups in total. The van der Waals surface area contributed by atoms with Gasteiger partial charge in [-0.15, -0.1) is 0 Å². The minimum absolute atomic E-state index is 0.0805. The van der Waals surface area contributed by atoms with E-state index < -0.39 is 23.7 Å². The summed E-state index contributed by atoms with van der Waals surface area (Å²) in [5.41, 5.74) is 0.282. The zero-order valence-electron chi connectivity index (χ0n) is 23.9. The molecule has 9 nitrogen and oxygen atoms in total. The van der Waals surface area contributed by atoms with Crippen molar-refractivity contribution in [3.05, 3.63) is 41.2 Å². The average Bonchev–Trinajstić information content (AvgIpc) is 3.36. The molecule has 1 spiro atoms. The van der Waals surface area contributed by atoms with Crippen LogP contribution in [0.15, 0.2) is 24.3 Å². The summed E-state index contributed by atoms with van der Waals surface area (Å²) >= 11 is 0. The Morgan fingerprint density at radius 2 is 1.79 bits per heavy atom. The number of hydrogen-bond donors (Lipinski definition) is 1. The van der Waals surface area contributed by atoms with Crippen LogP contribution in [0.1, 0.15) is 66.4 Å². The molecule has 206 valence electrons. The van der Waals surface area contributed by atoms with E-state index in [-0.39, 0.29) is 47.9 Å². The van der Waals surface area contributed by atoms with E-state index >= 15 is 0 Å². The molecule has 4 amide bonds. The minimum Gasteiger partial charge on any atom is -0.334 e. The Kier molecular flexibility index (Phi) is 8.25. The van der Waals surface area contributed by atoms with E-state index in [2.05, 4.69) is 10.2 Å². The lowest BCUT2D eigenvalue weighted by Crippen LogP contribution is -2.56. The van der Waals surface area contributed by atoms with Gasteiger partial charge in [0.1, 0.15) is 17.5 Å². The molecule has 3 rings (SSSR count). The number of likely N-dealkylation sites (tertiary alicyclic amines) is 1. The molecule has 1 saturated heterocycles. The molecule has 0 aliphatic carbocycles. The van der Waals surface area contributed by atoms with Gasteiger partial charge >= 0.3 is 6.17 Å². The third kappa shape index (κ3) is 5.54. The molecular formula is C29H41N5O4. The van der Waals surface area contributed by atoms with Gasteiger partial charge in [-0.25, -0.2) is 6.57 Å². The number of para-hydroxylation sites is 1. The molecule has 0 bridgehead atoms. The first-order valence-corrected chi connectivity index (χ1v) is 13.2. The number of carbonyl (C=O) groups excluding carboxylic acids is 4. The summed E-state index contributed by atoms with van der Waals surface area (Å²) < 4.78 is 0. The second-order valence-electron chi connectivity index (χ2n) is 12.4. The van der Waals surface area contributed by atoms with E-state index in [9.17, 15) is 19.2 Å². The third-order valence-corrected chi connectivity index (χ3v) is 7.74. The number of carbonyl (C=O) groups is 4. The van der Waals surface area contributed by atoms with Crippen molar-refractivity contribution >= 4 is 29.3 Å². The van der Waals surface area contributed by atoms with Crippen LogP contribution in [-0.4, -0.2) is 77.2 Å². The van der Waals surface area contributed by atoms with Crippen molar-refractivity contribution in [3.8, 4) is 0 Å². The fourth-order valence-corrected chi connectivity index (χ4v) is 5.60. The van der Waals surface area contributed by atoms with Crippen molar-refractivity contribution in [1.82, 2.24) is 14.7 Å². The fraction of sp³-hybridized carbons (Fsp3) is 0.621. The Morgan fingerprint density at radius 3 is 2.34 bits per heavy atom.